The molecule has 0 spiro atoms. The van der Waals surface area contributed by atoms with E-state index in [2.05, 4.69) is 0 Å². The van der Waals surface area contributed by atoms with Crippen molar-refractivity contribution in [2.24, 2.45) is 0 Å². The van der Waals surface area contributed by atoms with Crippen LogP contribution in [0.2, 0.25) is 0 Å². The van der Waals surface area contributed by atoms with Gasteiger partial charge in [0.15, 0.2) is 6.21 Å². The SMILES string of the molecule is COc1cccc(C=[N+](C)C)c1. The Bertz CT molecular complexity index is 288. The maximum atomic E-state index is 5.10. The van der Waals surface area contributed by atoms with Crippen molar-refractivity contribution in [1.29, 1.82) is 0 Å². The highest BCUT2D eigenvalue weighted by molar-refractivity contribution is 5.76. The molecular weight excluding hydrogens is 150 g/mol. The number of benzene rings is 1. The lowest BCUT2D eigenvalue weighted by Gasteiger charge is -1.98. The van der Waals surface area contributed by atoms with E-state index in [4.69, 9.17) is 4.74 Å². The molecule has 0 fully saturated rings. The van der Waals surface area contributed by atoms with E-state index in [9.17, 15) is 0 Å². The Morgan fingerprint density at radius 3 is 2.67 bits per heavy atom. The molecule has 1 aromatic carbocycles. The summed E-state index contributed by atoms with van der Waals surface area (Å²) < 4.78 is 7.11. The molecule has 0 unspecified atom stereocenters. The molecule has 0 aliphatic heterocycles. The molecule has 1 aromatic rings. The Morgan fingerprint density at radius 2 is 2.08 bits per heavy atom. The first-order valence-corrected chi connectivity index (χ1v) is 3.88. The zero-order valence-corrected chi connectivity index (χ0v) is 7.74. The predicted octanol–water partition coefficient (Wildman–Crippen LogP) is 1.39. The van der Waals surface area contributed by atoms with Gasteiger partial charge < -0.3 is 4.74 Å². The number of hydrogen-bond acceptors (Lipinski definition) is 1. The summed E-state index contributed by atoms with van der Waals surface area (Å²) in [6.45, 7) is 0. The van der Waals surface area contributed by atoms with Crippen LogP contribution in [0.4, 0.5) is 0 Å². The van der Waals surface area contributed by atoms with E-state index >= 15 is 0 Å². The van der Waals surface area contributed by atoms with E-state index in [0.29, 0.717) is 0 Å². The summed E-state index contributed by atoms with van der Waals surface area (Å²) in [5.74, 6) is 0.894. The van der Waals surface area contributed by atoms with Gasteiger partial charge in [0.25, 0.3) is 0 Å². The van der Waals surface area contributed by atoms with Crippen molar-refractivity contribution < 1.29 is 9.31 Å². The molecule has 0 amide bonds. The maximum Gasteiger partial charge on any atom is 0.170 e. The van der Waals surface area contributed by atoms with Crippen molar-refractivity contribution in [3.63, 3.8) is 0 Å². The summed E-state index contributed by atoms with van der Waals surface area (Å²) in [6.07, 6.45) is 2.04. The summed E-state index contributed by atoms with van der Waals surface area (Å²) in [6, 6.07) is 7.96. The Hall–Kier alpha value is -1.31. The lowest BCUT2D eigenvalue weighted by Crippen LogP contribution is -1.99. The molecule has 0 heterocycles. The highest BCUT2D eigenvalue weighted by atomic mass is 16.5. The Balaban J connectivity index is 2.94. The lowest BCUT2D eigenvalue weighted by atomic mass is 10.2. The van der Waals surface area contributed by atoms with E-state index in [0.717, 1.165) is 11.3 Å². The topological polar surface area (TPSA) is 12.2 Å². The van der Waals surface area contributed by atoms with Crippen LogP contribution >= 0.6 is 0 Å². The third-order valence-electron chi connectivity index (χ3n) is 1.50. The van der Waals surface area contributed by atoms with E-state index in [1.165, 1.54) is 0 Å². The second-order valence-corrected chi connectivity index (χ2v) is 2.87. The minimum atomic E-state index is 0.894. The number of rotatable bonds is 2. The first-order valence-electron chi connectivity index (χ1n) is 3.88. The van der Waals surface area contributed by atoms with E-state index in [1.54, 1.807) is 7.11 Å². The number of methoxy groups -OCH3 is 1. The fraction of sp³-hybridized carbons (Fsp3) is 0.300. The van der Waals surface area contributed by atoms with Crippen molar-refractivity contribution in [3.8, 4) is 5.75 Å². The van der Waals surface area contributed by atoms with Gasteiger partial charge in [-0.05, 0) is 18.2 Å². The van der Waals surface area contributed by atoms with Gasteiger partial charge in [0.05, 0.1) is 7.11 Å². The van der Waals surface area contributed by atoms with Crippen molar-refractivity contribution in [2.45, 2.75) is 0 Å². The minimum absolute atomic E-state index is 0.894. The van der Waals surface area contributed by atoms with E-state index in [-0.39, 0.29) is 0 Å². The molecule has 64 valence electrons. The second-order valence-electron chi connectivity index (χ2n) is 2.87. The van der Waals surface area contributed by atoms with Gasteiger partial charge in [0.1, 0.15) is 19.8 Å². The van der Waals surface area contributed by atoms with Gasteiger partial charge in [-0.2, -0.15) is 0 Å². The van der Waals surface area contributed by atoms with Crippen molar-refractivity contribution >= 4 is 6.21 Å². The molecule has 2 heteroatoms. The van der Waals surface area contributed by atoms with Gasteiger partial charge in [0, 0.05) is 5.56 Å². The number of hydrogen-bond donors (Lipinski definition) is 0. The third kappa shape index (κ3) is 2.38. The molecule has 0 N–H and O–H groups in total. The number of ether oxygens (including phenoxy) is 1. The smallest absolute Gasteiger partial charge is 0.170 e. The first-order chi connectivity index (χ1) is 5.72. The van der Waals surface area contributed by atoms with Crippen LogP contribution in [0.3, 0.4) is 0 Å². The number of nitrogens with zero attached hydrogens (tertiary/aromatic N) is 1. The fourth-order valence-electron chi connectivity index (χ4n) is 1.02. The quantitative estimate of drug-likeness (QED) is 0.475. The highest BCUT2D eigenvalue weighted by Crippen LogP contribution is 2.10. The molecule has 0 saturated heterocycles. The summed E-state index contributed by atoms with van der Waals surface area (Å²) >= 11 is 0. The average molecular weight is 164 g/mol. The molecule has 0 aromatic heterocycles. The molecule has 0 saturated carbocycles. The van der Waals surface area contributed by atoms with Crippen LogP contribution in [0.25, 0.3) is 0 Å². The lowest BCUT2D eigenvalue weighted by molar-refractivity contribution is -0.458. The first kappa shape index (κ1) is 8.78. The monoisotopic (exact) mass is 164 g/mol. The molecule has 0 radical (unpaired) electrons. The largest absolute Gasteiger partial charge is 0.497 e. The molecule has 0 aliphatic carbocycles. The van der Waals surface area contributed by atoms with Gasteiger partial charge in [-0.25, -0.2) is 4.58 Å². The minimum Gasteiger partial charge on any atom is -0.497 e. The van der Waals surface area contributed by atoms with Gasteiger partial charge in [-0.3, -0.25) is 0 Å². The van der Waals surface area contributed by atoms with Gasteiger partial charge in [-0.15, -0.1) is 0 Å². The van der Waals surface area contributed by atoms with Crippen LogP contribution in [0.5, 0.6) is 5.75 Å². The maximum absolute atomic E-state index is 5.10. The van der Waals surface area contributed by atoms with Crippen LogP contribution < -0.4 is 4.74 Å². The molecule has 12 heavy (non-hydrogen) atoms. The average Bonchev–Trinajstić information content (AvgIpc) is 2.03. The summed E-state index contributed by atoms with van der Waals surface area (Å²) in [7, 11) is 5.67. The summed E-state index contributed by atoms with van der Waals surface area (Å²) in [4.78, 5) is 0. The Morgan fingerprint density at radius 1 is 1.33 bits per heavy atom. The predicted molar refractivity (Wildman–Crippen MR) is 50.3 cm³/mol. The van der Waals surface area contributed by atoms with Crippen molar-refractivity contribution in [2.75, 3.05) is 21.2 Å². The van der Waals surface area contributed by atoms with Gasteiger partial charge >= 0.3 is 0 Å². The Labute approximate surface area is 73.1 Å². The molecule has 0 bridgehead atoms. The zero-order valence-electron chi connectivity index (χ0n) is 7.74. The third-order valence-corrected chi connectivity index (χ3v) is 1.50. The van der Waals surface area contributed by atoms with E-state index in [1.807, 2.05) is 49.2 Å². The molecule has 0 aliphatic rings. The highest BCUT2D eigenvalue weighted by Gasteiger charge is 1.94. The zero-order chi connectivity index (χ0) is 8.97. The molecule has 2 nitrogen and oxygen atoms in total. The summed E-state index contributed by atoms with van der Waals surface area (Å²) in [5, 5.41) is 0. The van der Waals surface area contributed by atoms with Crippen LogP contribution in [0, 0.1) is 0 Å². The second kappa shape index (κ2) is 3.90. The van der Waals surface area contributed by atoms with Crippen LogP contribution in [-0.4, -0.2) is 32.0 Å². The molecule has 0 atom stereocenters. The van der Waals surface area contributed by atoms with Crippen LogP contribution in [0.1, 0.15) is 5.56 Å². The standard InChI is InChI=1S/C10H14NO/c1-11(2)8-9-5-4-6-10(7-9)12-3/h4-8H,1-3H3/q+1. The normalized spacial score (nSPS) is 9.25. The van der Waals surface area contributed by atoms with Crippen molar-refractivity contribution in [1.82, 2.24) is 0 Å². The van der Waals surface area contributed by atoms with Gasteiger partial charge in [-0.1, -0.05) is 6.07 Å². The molecule has 1 rings (SSSR count). The van der Waals surface area contributed by atoms with Crippen molar-refractivity contribution in [3.05, 3.63) is 29.8 Å². The Kier molecular flexibility index (Phi) is 2.86. The van der Waals surface area contributed by atoms with E-state index < -0.39 is 0 Å². The van der Waals surface area contributed by atoms with Crippen LogP contribution in [0.15, 0.2) is 24.3 Å². The van der Waals surface area contributed by atoms with Gasteiger partial charge in [0.2, 0.25) is 0 Å². The van der Waals surface area contributed by atoms with Crippen LogP contribution in [-0.2, 0) is 0 Å². The fourth-order valence-corrected chi connectivity index (χ4v) is 1.02. The molecular formula is C10H14NO+. The summed E-state index contributed by atoms with van der Waals surface area (Å²) in [5.41, 5.74) is 1.15.